The zero-order chi connectivity index (χ0) is 14.6. The molecule has 0 radical (unpaired) electrons. The van der Waals surface area contributed by atoms with E-state index in [4.69, 9.17) is 16.7 Å². The predicted octanol–water partition coefficient (Wildman–Crippen LogP) is 2.61. The minimum absolute atomic E-state index is 0.128. The van der Waals surface area contributed by atoms with Crippen molar-refractivity contribution in [3.8, 4) is 0 Å². The molecule has 0 aliphatic rings. The molecular weight excluding hydrogens is 287 g/mol. The number of aliphatic hydroxyl groups is 1. The third-order valence-electron chi connectivity index (χ3n) is 2.23. The highest BCUT2D eigenvalue weighted by Crippen LogP contribution is 2.33. The number of carbonyl (C=O) groups is 1. The van der Waals surface area contributed by atoms with E-state index in [9.17, 15) is 23.1 Å². The van der Waals surface area contributed by atoms with Crippen LogP contribution in [-0.4, -0.2) is 28.8 Å². The first-order valence-electron chi connectivity index (χ1n) is 5.20. The first-order valence-corrected chi connectivity index (χ1v) is 5.58. The summed E-state index contributed by atoms with van der Waals surface area (Å²) in [5.74, 6) is -1.17. The number of aliphatic carboxylic acids is 1. The summed E-state index contributed by atoms with van der Waals surface area (Å²) >= 11 is 5.66. The second kappa shape index (κ2) is 6.12. The van der Waals surface area contributed by atoms with Crippen LogP contribution in [0.4, 0.5) is 18.9 Å². The van der Waals surface area contributed by atoms with Gasteiger partial charge in [-0.05, 0) is 18.2 Å². The number of nitrogens with one attached hydrogen (secondary N) is 1. The Labute approximate surface area is 111 Å². The zero-order valence-electron chi connectivity index (χ0n) is 9.54. The van der Waals surface area contributed by atoms with Gasteiger partial charge in [0, 0.05) is 6.54 Å². The maximum Gasteiger partial charge on any atom is 0.416 e. The Balaban J connectivity index is 2.68. The van der Waals surface area contributed by atoms with Gasteiger partial charge in [0.25, 0.3) is 0 Å². The Hall–Kier alpha value is -1.47. The molecule has 0 aliphatic heterocycles. The lowest BCUT2D eigenvalue weighted by Crippen LogP contribution is -2.22. The summed E-state index contributed by atoms with van der Waals surface area (Å²) in [4.78, 5) is 10.3. The molecule has 1 aromatic carbocycles. The molecule has 106 valence electrons. The second-order valence-corrected chi connectivity index (χ2v) is 4.23. The van der Waals surface area contributed by atoms with Crippen molar-refractivity contribution in [2.45, 2.75) is 18.7 Å². The Kier molecular flexibility index (Phi) is 5.02. The Bertz CT molecular complexity index is 465. The van der Waals surface area contributed by atoms with Crippen molar-refractivity contribution < 1.29 is 28.2 Å². The first kappa shape index (κ1) is 15.6. The third kappa shape index (κ3) is 4.96. The highest BCUT2D eigenvalue weighted by molar-refractivity contribution is 6.33. The summed E-state index contributed by atoms with van der Waals surface area (Å²) in [6.07, 6.45) is -6.10. The van der Waals surface area contributed by atoms with Gasteiger partial charge < -0.3 is 15.5 Å². The van der Waals surface area contributed by atoms with Gasteiger partial charge in [0.15, 0.2) is 0 Å². The number of carboxylic acids is 1. The number of halogens is 4. The molecule has 0 fully saturated rings. The number of hydrogen-bond acceptors (Lipinski definition) is 3. The Morgan fingerprint density at radius 1 is 1.42 bits per heavy atom. The highest BCUT2D eigenvalue weighted by Gasteiger charge is 2.30. The van der Waals surface area contributed by atoms with Crippen LogP contribution in [0.1, 0.15) is 12.0 Å². The molecule has 0 bridgehead atoms. The van der Waals surface area contributed by atoms with Gasteiger partial charge in [0.1, 0.15) is 0 Å². The fraction of sp³-hybridized carbons (Fsp3) is 0.364. The van der Waals surface area contributed by atoms with Crippen LogP contribution >= 0.6 is 11.6 Å². The summed E-state index contributed by atoms with van der Waals surface area (Å²) in [5, 5.41) is 20.1. The molecule has 19 heavy (non-hydrogen) atoms. The Morgan fingerprint density at radius 3 is 2.53 bits per heavy atom. The van der Waals surface area contributed by atoms with Gasteiger partial charge in [0.05, 0.1) is 28.8 Å². The average Bonchev–Trinajstić information content (AvgIpc) is 2.25. The van der Waals surface area contributed by atoms with Crippen molar-refractivity contribution in [3.05, 3.63) is 28.8 Å². The lowest BCUT2D eigenvalue weighted by atomic mass is 10.2. The minimum atomic E-state index is -4.48. The normalized spacial score (nSPS) is 13.1. The summed E-state index contributed by atoms with van der Waals surface area (Å²) in [6.45, 7) is -0.128. The van der Waals surface area contributed by atoms with E-state index >= 15 is 0 Å². The monoisotopic (exact) mass is 297 g/mol. The summed E-state index contributed by atoms with van der Waals surface area (Å²) in [7, 11) is 0. The van der Waals surface area contributed by atoms with E-state index in [1.807, 2.05) is 0 Å². The van der Waals surface area contributed by atoms with E-state index in [-0.39, 0.29) is 17.3 Å². The van der Waals surface area contributed by atoms with Crippen LogP contribution in [0.3, 0.4) is 0 Å². The highest BCUT2D eigenvalue weighted by atomic mass is 35.5. The SMILES string of the molecule is O=C(O)CC(O)CNc1ccc(C(F)(F)F)cc1Cl. The van der Waals surface area contributed by atoms with E-state index in [1.165, 1.54) is 0 Å². The van der Waals surface area contributed by atoms with Crippen molar-refractivity contribution in [1.29, 1.82) is 0 Å². The molecule has 4 nitrogen and oxygen atoms in total. The number of rotatable bonds is 5. The van der Waals surface area contributed by atoms with Gasteiger partial charge in [-0.15, -0.1) is 0 Å². The number of alkyl halides is 3. The molecule has 8 heteroatoms. The van der Waals surface area contributed by atoms with Gasteiger partial charge >= 0.3 is 12.1 Å². The van der Waals surface area contributed by atoms with Crippen LogP contribution in [0.25, 0.3) is 0 Å². The maximum absolute atomic E-state index is 12.4. The van der Waals surface area contributed by atoms with Crippen LogP contribution < -0.4 is 5.32 Å². The van der Waals surface area contributed by atoms with Crippen LogP contribution in [0, 0.1) is 0 Å². The number of carboxylic acid groups (broad SMARTS) is 1. The molecule has 0 aromatic heterocycles. The van der Waals surface area contributed by atoms with Crippen LogP contribution in [0.15, 0.2) is 18.2 Å². The van der Waals surface area contributed by atoms with Gasteiger partial charge in [-0.3, -0.25) is 4.79 Å². The summed E-state index contributed by atoms with van der Waals surface area (Å²) in [6, 6.07) is 2.73. The third-order valence-corrected chi connectivity index (χ3v) is 2.55. The van der Waals surface area contributed by atoms with Crippen molar-refractivity contribution >= 4 is 23.3 Å². The molecule has 1 rings (SSSR count). The molecule has 0 spiro atoms. The van der Waals surface area contributed by atoms with E-state index < -0.39 is 30.2 Å². The fourth-order valence-electron chi connectivity index (χ4n) is 1.34. The summed E-state index contributed by atoms with van der Waals surface area (Å²) in [5.41, 5.74) is -0.687. The predicted molar refractivity (Wildman–Crippen MR) is 63.2 cm³/mol. The zero-order valence-corrected chi connectivity index (χ0v) is 10.3. The van der Waals surface area contributed by atoms with Gasteiger partial charge in [-0.2, -0.15) is 13.2 Å². The molecule has 1 atom stereocenters. The topological polar surface area (TPSA) is 69.6 Å². The molecular formula is C11H11ClF3NO3. The molecule has 0 saturated carbocycles. The maximum atomic E-state index is 12.4. The molecule has 1 unspecified atom stereocenters. The number of anilines is 1. The van der Waals surface area contributed by atoms with Crippen molar-refractivity contribution in [1.82, 2.24) is 0 Å². The van der Waals surface area contributed by atoms with E-state index in [1.54, 1.807) is 0 Å². The lowest BCUT2D eigenvalue weighted by Gasteiger charge is -2.13. The molecule has 0 aliphatic carbocycles. The molecule has 3 N–H and O–H groups in total. The number of benzene rings is 1. The smallest absolute Gasteiger partial charge is 0.416 e. The molecule has 0 amide bonds. The lowest BCUT2D eigenvalue weighted by molar-refractivity contribution is -0.139. The number of aliphatic hydroxyl groups excluding tert-OH is 1. The van der Waals surface area contributed by atoms with Crippen molar-refractivity contribution in [3.63, 3.8) is 0 Å². The van der Waals surface area contributed by atoms with Crippen molar-refractivity contribution in [2.24, 2.45) is 0 Å². The van der Waals surface area contributed by atoms with Crippen LogP contribution in [0.2, 0.25) is 5.02 Å². The molecule has 0 saturated heterocycles. The van der Waals surface area contributed by atoms with E-state index in [0.717, 1.165) is 18.2 Å². The first-order chi connectivity index (χ1) is 8.70. The van der Waals surface area contributed by atoms with Gasteiger partial charge in [-0.25, -0.2) is 0 Å². The van der Waals surface area contributed by atoms with Crippen molar-refractivity contribution in [2.75, 3.05) is 11.9 Å². The standard InChI is InChI=1S/C11H11ClF3NO3/c12-8-3-6(11(13,14)15)1-2-9(8)16-5-7(17)4-10(18)19/h1-3,7,16-17H,4-5H2,(H,18,19). The Morgan fingerprint density at radius 2 is 2.05 bits per heavy atom. The molecule has 0 heterocycles. The van der Waals surface area contributed by atoms with Crippen LogP contribution in [0.5, 0.6) is 0 Å². The van der Waals surface area contributed by atoms with E-state index in [0.29, 0.717) is 0 Å². The van der Waals surface area contributed by atoms with Gasteiger partial charge in [0.2, 0.25) is 0 Å². The minimum Gasteiger partial charge on any atom is -0.481 e. The van der Waals surface area contributed by atoms with Gasteiger partial charge in [-0.1, -0.05) is 11.6 Å². The number of hydrogen-bond donors (Lipinski definition) is 3. The quantitative estimate of drug-likeness (QED) is 0.781. The summed E-state index contributed by atoms with van der Waals surface area (Å²) < 4.78 is 37.1. The molecule has 1 aromatic rings. The average molecular weight is 298 g/mol. The second-order valence-electron chi connectivity index (χ2n) is 3.82. The largest absolute Gasteiger partial charge is 0.481 e. The van der Waals surface area contributed by atoms with E-state index in [2.05, 4.69) is 5.32 Å². The van der Waals surface area contributed by atoms with Crippen LogP contribution in [-0.2, 0) is 11.0 Å². The fourth-order valence-corrected chi connectivity index (χ4v) is 1.58.